The molecule has 1 unspecified atom stereocenters. The topological polar surface area (TPSA) is 17.1 Å². The Kier molecular flexibility index (Phi) is 3.69. The summed E-state index contributed by atoms with van der Waals surface area (Å²) in [6.07, 6.45) is 3.84. The van der Waals surface area contributed by atoms with Crippen LogP contribution in [-0.2, 0) is 4.79 Å². The Balaban J connectivity index is 3.71. The summed E-state index contributed by atoms with van der Waals surface area (Å²) in [5, 5.41) is 0. The normalized spacial score (nSPS) is 12.1. The van der Waals surface area contributed by atoms with E-state index >= 15 is 0 Å². The second kappa shape index (κ2) is 4.07. The molecule has 0 aromatic heterocycles. The molecule has 0 amide bonds. The number of hydrogen-bond donors (Lipinski definition) is 0. The van der Waals surface area contributed by atoms with E-state index in [0.717, 1.165) is 6.42 Å². The predicted octanol–water partition coefficient (Wildman–Crippen LogP) is 1.95. The molecule has 0 bridgehead atoms. The first-order valence-electron chi connectivity index (χ1n) is 2.99. The lowest BCUT2D eigenvalue weighted by Gasteiger charge is -2.00. The van der Waals surface area contributed by atoms with Crippen LogP contribution in [0, 0.1) is 5.92 Å². The van der Waals surface area contributed by atoms with Crippen LogP contribution >= 0.6 is 0 Å². The molecule has 0 fully saturated rings. The van der Waals surface area contributed by atoms with Crippen molar-refractivity contribution in [2.45, 2.75) is 13.3 Å². The molecule has 9 heavy (non-hydrogen) atoms. The number of carbonyl (C=O) groups is 1. The highest BCUT2D eigenvalue weighted by Gasteiger charge is 2.04. The van der Waals surface area contributed by atoms with Gasteiger partial charge in [0.1, 0.15) is 0 Å². The van der Waals surface area contributed by atoms with Gasteiger partial charge in [-0.3, -0.25) is 4.79 Å². The van der Waals surface area contributed by atoms with Gasteiger partial charge in [0.25, 0.3) is 0 Å². The van der Waals surface area contributed by atoms with Gasteiger partial charge < -0.3 is 0 Å². The van der Waals surface area contributed by atoms with E-state index in [4.69, 9.17) is 0 Å². The molecule has 0 aliphatic heterocycles. The van der Waals surface area contributed by atoms with Crippen LogP contribution in [0.25, 0.3) is 0 Å². The molecule has 0 N–H and O–H groups in total. The van der Waals surface area contributed by atoms with Crippen molar-refractivity contribution >= 4 is 5.78 Å². The van der Waals surface area contributed by atoms with E-state index in [1.165, 1.54) is 6.08 Å². The maximum absolute atomic E-state index is 10.7. The van der Waals surface area contributed by atoms with Crippen LogP contribution in [0.3, 0.4) is 0 Å². The van der Waals surface area contributed by atoms with Gasteiger partial charge in [-0.05, 0) is 12.5 Å². The maximum Gasteiger partial charge on any atom is 0.158 e. The fourth-order valence-corrected chi connectivity index (χ4v) is 0.567. The fraction of sp³-hybridized carbons (Fsp3) is 0.375. The summed E-state index contributed by atoms with van der Waals surface area (Å²) in [7, 11) is 0. The Labute approximate surface area is 56.1 Å². The van der Waals surface area contributed by atoms with Gasteiger partial charge in [-0.1, -0.05) is 19.6 Å². The van der Waals surface area contributed by atoms with Crippen LogP contribution < -0.4 is 0 Å². The van der Waals surface area contributed by atoms with E-state index in [9.17, 15) is 4.79 Å². The summed E-state index contributed by atoms with van der Waals surface area (Å²) in [5.41, 5.74) is 0. The lowest BCUT2D eigenvalue weighted by Crippen LogP contribution is -2.05. The molecule has 1 heteroatoms. The SMILES string of the molecule is C=CCC(C)C(=O)C=C. The van der Waals surface area contributed by atoms with Gasteiger partial charge in [-0.15, -0.1) is 6.58 Å². The Morgan fingerprint density at radius 3 is 2.56 bits per heavy atom. The molecule has 0 aliphatic carbocycles. The van der Waals surface area contributed by atoms with Gasteiger partial charge in [0, 0.05) is 5.92 Å². The Morgan fingerprint density at radius 2 is 2.22 bits per heavy atom. The third-order valence-corrected chi connectivity index (χ3v) is 1.21. The number of hydrogen-bond acceptors (Lipinski definition) is 1. The summed E-state index contributed by atoms with van der Waals surface area (Å²) < 4.78 is 0. The molecule has 1 nitrogen and oxygen atoms in total. The maximum atomic E-state index is 10.7. The first-order chi connectivity index (χ1) is 4.22. The van der Waals surface area contributed by atoms with Crippen LogP contribution in [0.4, 0.5) is 0 Å². The Bertz CT molecular complexity index is 125. The van der Waals surface area contributed by atoms with E-state index in [1.807, 2.05) is 6.92 Å². The second-order valence-corrected chi connectivity index (χ2v) is 2.03. The molecular formula is C8H12O. The van der Waals surface area contributed by atoms with Crippen LogP contribution in [0.5, 0.6) is 0 Å². The molecule has 0 radical (unpaired) electrons. The highest BCUT2D eigenvalue weighted by atomic mass is 16.1. The number of allylic oxidation sites excluding steroid dienone is 2. The molecule has 0 aromatic carbocycles. The van der Waals surface area contributed by atoms with E-state index in [0.29, 0.717) is 0 Å². The van der Waals surface area contributed by atoms with Gasteiger partial charge in [-0.25, -0.2) is 0 Å². The molecule has 0 aliphatic rings. The zero-order valence-electron chi connectivity index (χ0n) is 5.76. The van der Waals surface area contributed by atoms with Crippen molar-refractivity contribution in [3.05, 3.63) is 25.3 Å². The van der Waals surface area contributed by atoms with Crippen LogP contribution in [-0.4, -0.2) is 5.78 Å². The van der Waals surface area contributed by atoms with Crippen molar-refractivity contribution in [2.75, 3.05) is 0 Å². The fourth-order valence-electron chi connectivity index (χ4n) is 0.567. The summed E-state index contributed by atoms with van der Waals surface area (Å²) in [5.74, 6) is 0.148. The minimum absolute atomic E-state index is 0.0556. The molecular weight excluding hydrogens is 112 g/mol. The molecule has 0 heterocycles. The first kappa shape index (κ1) is 8.15. The zero-order chi connectivity index (χ0) is 7.28. The van der Waals surface area contributed by atoms with Crippen molar-refractivity contribution in [2.24, 2.45) is 5.92 Å². The number of ketones is 1. The molecule has 0 spiro atoms. The highest BCUT2D eigenvalue weighted by molar-refractivity contribution is 5.90. The van der Waals surface area contributed by atoms with Gasteiger partial charge in [0.15, 0.2) is 5.78 Å². The first-order valence-corrected chi connectivity index (χ1v) is 2.99. The van der Waals surface area contributed by atoms with Crippen molar-refractivity contribution in [3.63, 3.8) is 0 Å². The summed E-state index contributed by atoms with van der Waals surface area (Å²) >= 11 is 0. The van der Waals surface area contributed by atoms with Gasteiger partial charge in [-0.2, -0.15) is 0 Å². The second-order valence-electron chi connectivity index (χ2n) is 2.03. The third kappa shape index (κ3) is 2.85. The average molecular weight is 124 g/mol. The van der Waals surface area contributed by atoms with E-state index in [-0.39, 0.29) is 11.7 Å². The van der Waals surface area contributed by atoms with E-state index in [2.05, 4.69) is 13.2 Å². The minimum atomic E-state index is 0.0556. The lowest BCUT2D eigenvalue weighted by atomic mass is 10.0. The van der Waals surface area contributed by atoms with E-state index in [1.54, 1.807) is 6.08 Å². The molecule has 0 rings (SSSR count). The van der Waals surface area contributed by atoms with Gasteiger partial charge in [0.05, 0.1) is 0 Å². The Hall–Kier alpha value is -0.850. The molecule has 0 aromatic rings. The lowest BCUT2D eigenvalue weighted by molar-refractivity contribution is -0.117. The summed E-state index contributed by atoms with van der Waals surface area (Å²) in [6, 6.07) is 0. The van der Waals surface area contributed by atoms with Crippen molar-refractivity contribution in [1.82, 2.24) is 0 Å². The van der Waals surface area contributed by atoms with Crippen LogP contribution in [0.1, 0.15) is 13.3 Å². The predicted molar refractivity (Wildman–Crippen MR) is 39.2 cm³/mol. The molecule has 1 atom stereocenters. The van der Waals surface area contributed by atoms with Crippen molar-refractivity contribution in [1.29, 1.82) is 0 Å². The van der Waals surface area contributed by atoms with Crippen molar-refractivity contribution in [3.8, 4) is 0 Å². The standard InChI is InChI=1S/C8H12O/c1-4-6-7(3)8(9)5-2/h4-5,7H,1-2,6H2,3H3. The largest absolute Gasteiger partial charge is 0.295 e. The highest BCUT2D eigenvalue weighted by Crippen LogP contribution is 2.03. The molecule has 0 saturated carbocycles. The smallest absolute Gasteiger partial charge is 0.158 e. The number of carbonyl (C=O) groups excluding carboxylic acids is 1. The number of rotatable bonds is 4. The minimum Gasteiger partial charge on any atom is -0.295 e. The molecule has 50 valence electrons. The van der Waals surface area contributed by atoms with E-state index < -0.39 is 0 Å². The average Bonchev–Trinajstić information content (AvgIpc) is 1.87. The summed E-state index contributed by atoms with van der Waals surface area (Å²) in [6.45, 7) is 8.78. The molecule has 0 saturated heterocycles. The van der Waals surface area contributed by atoms with Crippen LogP contribution in [0.2, 0.25) is 0 Å². The van der Waals surface area contributed by atoms with Crippen LogP contribution in [0.15, 0.2) is 25.3 Å². The zero-order valence-corrected chi connectivity index (χ0v) is 5.76. The third-order valence-electron chi connectivity index (χ3n) is 1.21. The summed E-state index contributed by atoms with van der Waals surface area (Å²) in [4.78, 5) is 10.7. The van der Waals surface area contributed by atoms with Gasteiger partial charge in [0.2, 0.25) is 0 Å². The monoisotopic (exact) mass is 124 g/mol. The van der Waals surface area contributed by atoms with Gasteiger partial charge >= 0.3 is 0 Å². The van der Waals surface area contributed by atoms with Crippen molar-refractivity contribution < 1.29 is 4.79 Å². The Morgan fingerprint density at radius 1 is 1.67 bits per heavy atom. The quantitative estimate of drug-likeness (QED) is 0.413.